The number of amides is 1. The average molecular weight is 363 g/mol. The zero-order valence-corrected chi connectivity index (χ0v) is 13.9. The van der Waals surface area contributed by atoms with Crippen LogP contribution in [0.15, 0.2) is 24.4 Å². The van der Waals surface area contributed by atoms with E-state index in [1.165, 1.54) is 17.4 Å². The first-order chi connectivity index (χ1) is 10.7. The number of halogens is 4. The fourth-order valence-corrected chi connectivity index (χ4v) is 2.87. The molecule has 1 aromatic heterocycles. The quantitative estimate of drug-likeness (QED) is 0.831. The van der Waals surface area contributed by atoms with Crippen LogP contribution < -0.4 is 5.32 Å². The van der Waals surface area contributed by atoms with Crippen molar-refractivity contribution in [3.05, 3.63) is 45.4 Å². The predicted octanol–water partition coefficient (Wildman–Crippen LogP) is 5.00. The van der Waals surface area contributed by atoms with E-state index in [4.69, 9.17) is 11.6 Å². The largest absolute Gasteiger partial charge is 0.417 e. The summed E-state index contributed by atoms with van der Waals surface area (Å²) in [5.41, 5.74) is -0.373. The molecule has 0 unspecified atom stereocenters. The van der Waals surface area contributed by atoms with Crippen molar-refractivity contribution in [2.75, 3.05) is 5.32 Å². The van der Waals surface area contributed by atoms with Crippen LogP contribution in [0.25, 0.3) is 0 Å². The van der Waals surface area contributed by atoms with Crippen LogP contribution in [0, 0.1) is 5.92 Å². The summed E-state index contributed by atoms with van der Waals surface area (Å²) >= 11 is 6.83. The van der Waals surface area contributed by atoms with Gasteiger partial charge in [-0.05, 0) is 17.7 Å². The molecule has 23 heavy (non-hydrogen) atoms. The van der Waals surface area contributed by atoms with Gasteiger partial charge in [-0.3, -0.25) is 4.79 Å². The van der Waals surface area contributed by atoms with Gasteiger partial charge in [0.15, 0.2) is 5.13 Å². The van der Waals surface area contributed by atoms with Gasteiger partial charge in [0.05, 0.1) is 10.6 Å². The molecule has 0 radical (unpaired) electrons. The fourth-order valence-electron chi connectivity index (χ4n) is 1.80. The van der Waals surface area contributed by atoms with Crippen LogP contribution in [0.3, 0.4) is 0 Å². The van der Waals surface area contributed by atoms with Gasteiger partial charge in [-0.25, -0.2) is 4.98 Å². The highest BCUT2D eigenvalue weighted by atomic mass is 35.5. The van der Waals surface area contributed by atoms with Gasteiger partial charge in [-0.2, -0.15) is 13.2 Å². The van der Waals surface area contributed by atoms with E-state index in [2.05, 4.69) is 10.3 Å². The molecular weight excluding hydrogens is 349 g/mol. The van der Waals surface area contributed by atoms with Crippen molar-refractivity contribution in [1.29, 1.82) is 0 Å². The minimum atomic E-state index is -4.49. The predicted molar refractivity (Wildman–Crippen MR) is 84.8 cm³/mol. The van der Waals surface area contributed by atoms with Gasteiger partial charge in [0.1, 0.15) is 0 Å². The maximum absolute atomic E-state index is 12.8. The summed E-state index contributed by atoms with van der Waals surface area (Å²) in [6, 6.07) is 3.82. The lowest BCUT2D eigenvalue weighted by molar-refractivity contribution is -0.137. The zero-order valence-electron chi connectivity index (χ0n) is 12.4. The molecule has 1 heterocycles. The van der Waals surface area contributed by atoms with Crippen molar-refractivity contribution in [3.8, 4) is 0 Å². The Balaban J connectivity index is 2.14. The van der Waals surface area contributed by atoms with Gasteiger partial charge >= 0.3 is 6.18 Å². The Morgan fingerprint density at radius 3 is 2.70 bits per heavy atom. The first kappa shape index (κ1) is 17.7. The monoisotopic (exact) mass is 362 g/mol. The van der Waals surface area contributed by atoms with Crippen LogP contribution in [0.4, 0.5) is 18.3 Å². The number of nitrogens with zero attached hydrogens (tertiary/aromatic N) is 1. The van der Waals surface area contributed by atoms with E-state index in [9.17, 15) is 18.0 Å². The first-order valence-electron chi connectivity index (χ1n) is 6.78. The summed E-state index contributed by atoms with van der Waals surface area (Å²) in [6.07, 6.45) is -2.66. The minimum absolute atomic E-state index is 0.156. The summed E-state index contributed by atoms with van der Waals surface area (Å²) in [5, 5.41) is 2.77. The number of anilines is 1. The minimum Gasteiger partial charge on any atom is -0.302 e. The molecule has 0 aliphatic heterocycles. The molecule has 0 saturated heterocycles. The van der Waals surface area contributed by atoms with Crippen molar-refractivity contribution < 1.29 is 18.0 Å². The fraction of sp³-hybridized carbons (Fsp3) is 0.333. The normalized spacial score (nSPS) is 11.8. The van der Waals surface area contributed by atoms with E-state index >= 15 is 0 Å². The number of hydrogen-bond donors (Lipinski definition) is 1. The third-order valence-electron chi connectivity index (χ3n) is 3.02. The van der Waals surface area contributed by atoms with Gasteiger partial charge in [0.2, 0.25) is 5.91 Å². The number of carbonyl (C=O) groups is 1. The molecule has 0 aliphatic rings. The topological polar surface area (TPSA) is 42.0 Å². The number of alkyl halides is 3. The Morgan fingerprint density at radius 1 is 1.39 bits per heavy atom. The van der Waals surface area contributed by atoms with Crippen LogP contribution in [0.1, 0.15) is 29.9 Å². The Bertz CT molecular complexity index is 713. The summed E-state index contributed by atoms with van der Waals surface area (Å²) in [5.74, 6) is -0.329. The average Bonchev–Trinajstić information content (AvgIpc) is 2.86. The number of nitrogens with one attached hydrogen (secondary N) is 1. The Morgan fingerprint density at radius 2 is 2.09 bits per heavy atom. The number of aromatic nitrogens is 1. The van der Waals surface area contributed by atoms with Crippen LogP contribution in [-0.4, -0.2) is 10.9 Å². The lowest BCUT2D eigenvalue weighted by Crippen LogP contribution is -2.17. The van der Waals surface area contributed by atoms with E-state index in [1.54, 1.807) is 26.1 Å². The summed E-state index contributed by atoms with van der Waals surface area (Å²) < 4.78 is 38.5. The number of thiazole rings is 1. The highest BCUT2D eigenvalue weighted by Gasteiger charge is 2.33. The number of benzene rings is 1. The van der Waals surface area contributed by atoms with Crippen molar-refractivity contribution >= 4 is 34.0 Å². The molecule has 0 atom stereocenters. The van der Waals surface area contributed by atoms with Crippen molar-refractivity contribution in [3.63, 3.8) is 0 Å². The maximum Gasteiger partial charge on any atom is 0.417 e. The second kappa shape index (κ2) is 6.88. The summed E-state index contributed by atoms with van der Waals surface area (Å²) in [4.78, 5) is 16.4. The Hall–Kier alpha value is -1.60. The van der Waals surface area contributed by atoms with E-state index < -0.39 is 11.7 Å². The molecule has 8 heteroatoms. The molecule has 2 rings (SSSR count). The molecule has 0 fully saturated rings. The van der Waals surface area contributed by atoms with Crippen LogP contribution in [0.5, 0.6) is 0 Å². The molecule has 0 spiro atoms. The second-order valence-electron chi connectivity index (χ2n) is 5.26. The van der Waals surface area contributed by atoms with Gasteiger partial charge in [-0.1, -0.05) is 31.5 Å². The Kier molecular flexibility index (Phi) is 5.31. The Labute approximate surface area is 140 Å². The molecule has 0 bridgehead atoms. The molecule has 2 aromatic rings. The zero-order chi connectivity index (χ0) is 17.2. The van der Waals surface area contributed by atoms with Crippen molar-refractivity contribution in [1.82, 2.24) is 4.98 Å². The highest BCUT2D eigenvalue weighted by Crippen LogP contribution is 2.35. The van der Waals surface area contributed by atoms with E-state index in [0.717, 1.165) is 10.9 Å². The molecule has 1 aromatic carbocycles. The third kappa shape index (κ3) is 4.68. The van der Waals surface area contributed by atoms with Crippen LogP contribution >= 0.6 is 22.9 Å². The number of hydrogen-bond acceptors (Lipinski definition) is 3. The third-order valence-corrected chi connectivity index (χ3v) is 4.26. The first-order valence-corrected chi connectivity index (χ1v) is 7.97. The maximum atomic E-state index is 12.8. The molecule has 0 aliphatic carbocycles. The molecule has 1 N–H and O–H groups in total. The SMILES string of the molecule is CC(C)C(=O)Nc1ncc(Cc2ccc(Cl)c(C(F)(F)F)c2)s1. The summed E-state index contributed by atoms with van der Waals surface area (Å²) in [7, 11) is 0. The number of carbonyl (C=O) groups excluding carboxylic acids is 1. The van der Waals surface area contributed by atoms with Crippen LogP contribution in [-0.2, 0) is 17.4 Å². The molecule has 3 nitrogen and oxygen atoms in total. The molecular formula is C15H14ClF3N2OS. The van der Waals surface area contributed by atoms with Gasteiger partial charge < -0.3 is 5.32 Å². The van der Waals surface area contributed by atoms with Crippen LogP contribution in [0.2, 0.25) is 5.02 Å². The van der Waals surface area contributed by atoms with Crippen molar-refractivity contribution in [2.24, 2.45) is 5.92 Å². The van der Waals surface area contributed by atoms with Crippen molar-refractivity contribution in [2.45, 2.75) is 26.4 Å². The second-order valence-corrected chi connectivity index (χ2v) is 6.79. The van der Waals surface area contributed by atoms with Gasteiger partial charge in [-0.15, -0.1) is 11.3 Å². The van der Waals surface area contributed by atoms with E-state index in [-0.39, 0.29) is 23.3 Å². The lowest BCUT2D eigenvalue weighted by atomic mass is 10.1. The smallest absolute Gasteiger partial charge is 0.302 e. The number of rotatable bonds is 4. The lowest BCUT2D eigenvalue weighted by Gasteiger charge is -2.10. The van der Waals surface area contributed by atoms with E-state index in [1.807, 2.05) is 0 Å². The highest BCUT2D eigenvalue weighted by molar-refractivity contribution is 7.15. The molecule has 1 amide bonds. The molecule has 0 saturated carbocycles. The van der Waals surface area contributed by atoms with E-state index in [0.29, 0.717) is 10.7 Å². The standard InChI is InChI=1S/C15H14ClF3N2OS/c1-8(2)13(22)21-14-20-7-10(23-14)5-9-3-4-12(16)11(6-9)15(17,18)19/h3-4,6-8H,5H2,1-2H3,(H,20,21,22). The van der Waals surface area contributed by atoms with Gasteiger partial charge in [0, 0.05) is 23.4 Å². The van der Waals surface area contributed by atoms with Gasteiger partial charge in [0.25, 0.3) is 0 Å². The summed E-state index contributed by atoms with van der Waals surface area (Å²) in [6.45, 7) is 3.52. The molecule has 124 valence electrons.